The highest BCUT2D eigenvalue weighted by atomic mass is 19.1. The van der Waals surface area contributed by atoms with Crippen LogP contribution in [-0.2, 0) is 0 Å². The molecule has 0 rings (SSSR count). The van der Waals surface area contributed by atoms with E-state index in [0.29, 0.717) is 18.8 Å². The highest BCUT2D eigenvalue weighted by molar-refractivity contribution is 5.10. The van der Waals surface area contributed by atoms with Crippen LogP contribution in [0.3, 0.4) is 0 Å². The van der Waals surface area contributed by atoms with E-state index >= 15 is 0 Å². The number of hydrogen-bond donors (Lipinski definition) is 0. The predicted octanol–water partition coefficient (Wildman–Crippen LogP) is 4.67. The van der Waals surface area contributed by atoms with E-state index < -0.39 is 5.67 Å². The molecule has 0 saturated carbocycles. The number of allylic oxidation sites excluding steroid dienone is 3. The molecule has 0 radical (unpaired) electrons. The Kier molecular flexibility index (Phi) is 5.75. The lowest BCUT2D eigenvalue weighted by molar-refractivity contribution is 0.144. The van der Waals surface area contributed by atoms with Crippen LogP contribution in [0.15, 0.2) is 24.3 Å². The molecule has 0 amide bonds. The van der Waals surface area contributed by atoms with Crippen molar-refractivity contribution in [3.8, 4) is 0 Å². The molecule has 1 heteroatoms. The lowest BCUT2D eigenvalue weighted by atomic mass is 9.90. The topological polar surface area (TPSA) is 0 Å². The third-order valence-electron chi connectivity index (χ3n) is 2.45. The van der Waals surface area contributed by atoms with Gasteiger partial charge in [-0.3, -0.25) is 0 Å². The molecule has 0 aliphatic rings. The van der Waals surface area contributed by atoms with Gasteiger partial charge in [0.2, 0.25) is 0 Å². The Hall–Kier alpha value is -0.590. The van der Waals surface area contributed by atoms with Gasteiger partial charge in [-0.25, -0.2) is 4.39 Å². The molecule has 0 aliphatic heterocycles. The molecule has 0 nitrogen and oxygen atoms in total. The summed E-state index contributed by atoms with van der Waals surface area (Å²) in [5.41, 5.74) is 0.0481. The zero-order chi connectivity index (χ0) is 11.2. The van der Waals surface area contributed by atoms with Crippen molar-refractivity contribution in [2.75, 3.05) is 0 Å². The van der Waals surface area contributed by atoms with Crippen LogP contribution in [0.5, 0.6) is 0 Å². The minimum atomic E-state index is -1.00. The van der Waals surface area contributed by atoms with Gasteiger partial charge in [-0.2, -0.15) is 0 Å². The summed E-state index contributed by atoms with van der Waals surface area (Å²) in [4.78, 5) is 0. The van der Waals surface area contributed by atoms with Crippen LogP contribution >= 0.6 is 0 Å². The summed E-state index contributed by atoms with van der Waals surface area (Å²) >= 11 is 0. The fourth-order valence-electron chi connectivity index (χ4n) is 1.46. The van der Waals surface area contributed by atoms with Crippen molar-refractivity contribution in [3.63, 3.8) is 0 Å². The van der Waals surface area contributed by atoms with Gasteiger partial charge < -0.3 is 0 Å². The van der Waals surface area contributed by atoms with E-state index in [2.05, 4.69) is 19.6 Å². The molecule has 0 bridgehead atoms. The van der Waals surface area contributed by atoms with Crippen LogP contribution in [0.4, 0.5) is 4.39 Å². The van der Waals surface area contributed by atoms with Crippen molar-refractivity contribution in [2.24, 2.45) is 5.92 Å². The first kappa shape index (κ1) is 13.4. The molecule has 0 fully saturated rings. The molecule has 0 aromatic carbocycles. The molecule has 0 heterocycles. The van der Waals surface area contributed by atoms with Gasteiger partial charge in [-0.15, -0.1) is 0 Å². The molecule has 2 unspecified atom stereocenters. The molecule has 0 aromatic heterocycles. The molecule has 0 saturated heterocycles. The Morgan fingerprint density at radius 2 is 2.14 bits per heavy atom. The highest BCUT2D eigenvalue weighted by Gasteiger charge is 2.22. The minimum Gasteiger partial charge on any atom is -0.244 e. The fraction of sp³-hybridized carbons (Fsp3) is 0.692. The van der Waals surface area contributed by atoms with E-state index in [0.717, 1.165) is 12.0 Å². The van der Waals surface area contributed by atoms with Crippen molar-refractivity contribution >= 4 is 0 Å². The monoisotopic (exact) mass is 198 g/mol. The van der Waals surface area contributed by atoms with E-state index in [-0.39, 0.29) is 0 Å². The summed E-state index contributed by atoms with van der Waals surface area (Å²) in [5, 5.41) is 0. The second kappa shape index (κ2) is 6.00. The predicted molar refractivity (Wildman–Crippen MR) is 62.2 cm³/mol. The van der Waals surface area contributed by atoms with Gasteiger partial charge in [0, 0.05) is 0 Å². The van der Waals surface area contributed by atoms with Crippen LogP contribution in [0, 0.1) is 5.92 Å². The van der Waals surface area contributed by atoms with E-state index in [1.54, 1.807) is 6.92 Å². The van der Waals surface area contributed by atoms with Crippen molar-refractivity contribution in [1.82, 2.24) is 0 Å². The lowest BCUT2D eigenvalue weighted by Gasteiger charge is -2.21. The maximum atomic E-state index is 13.6. The Morgan fingerprint density at radius 1 is 1.57 bits per heavy atom. The van der Waals surface area contributed by atoms with Crippen LogP contribution in [0.1, 0.15) is 47.0 Å². The normalized spacial score (nSPS) is 18.1. The quantitative estimate of drug-likeness (QED) is 0.544. The summed E-state index contributed by atoms with van der Waals surface area (Å²) in [7, 11) is 0. The van der Waals surface area contributed by atoms with Crippen molar-refractivity contribution in [2.45, 2.75) is 52.6 Å². The third kappa shape index (κ3) is 6.88. The van der Waals surface area contributed by atoms with E-state index in [9.17, 15) is 4.39 Å². The molecule has 0 aromatic rings. The van der Waals surface area contributed by atoms with Crippen molar-refractivity contribution < 1.29 is 4.39 Å². The molecule has 0 spiro atoms. The SMILES string of the molecule is C=C(C)/C=C/CC(C)CC(C)(F)CC. The van der Waals surface area contributed by atoms with Gasteiger partial charge in [0.25, 0.3) is 0 Å². The Bertz CT molecular complexity index is 201. The van der Waals surface area contributed by atoms with Gasteiger partial charge in [0.05, 0.1) is 0 Å². The van der Waals surface area contributed by atoms with E-state index in [1.165, 1.54) is 0 Å². The number of halogens is 1. The summed E-state index contributed by atoms with van der Waals surface area (Å²) in [6, 6.07) is 0. The summed E-state index contributed by atoms with van der Waals surface area (Å²) in [6.07, 6.45) is 6.26. The van der Waals surface area contributed by atoms with Gasteiger partial charge >= 0.3 is 0 Å². The lowest BCUT2D eigenvalue weighted by Crippen LogP contribution is -2.19. The van der Waals surface area contributed by atoms with Gasteiger partial charge in [0.15, 0.2) is 0 Å². The number of hydrogen-bond acceptors (Lipinski definition) is 0. The summed E-state index contributed by atoms with van der Waals surface area (Å²) < 4.78 is 13.6. The van der Waals surface area contributed by atoms with Crippen molar-refractivity contribution in [1.29, 1.82) is 0 Å². The zero-order valence-corrected chi connectivity index (χ0v) is 9.94. The van der Waals surface area contributed by atoms with E-state index in [1.807, 2.05) is 19.9 Å². The second-order valence-corrected chi connectivity index (χ2v) is 4.56. The largest absolute Gasteiger partial charge is 0.244 e. The molecule has 0 aliphatic carbocycles. The van der Waals surface area contributed by atoms with Crippen LogP contribution in [-0.4, -0.2) is 5.67 Å². The van der Waals surface area contributed by atoms with Crippen molar-refractivity contribution in [3.05, 3.63) is 24.3 Å². The van der Waals surface area contributed by atoms with Gasteiger partial charge in [-0.05, 0) is 39.0 Å². The Balaban J connectivity index is 3.87. The Labute approximate surface area is 87.9 Å². The first-order valence-corrected chi connectivity index (χ1v) is 5.38. The minimum absolute atomic E-state index is 0.403. The number of rotatable bonds is 6. The van der Waals surface area contributed by atoms with Gasteiger partial charge in [0.1, 0.15) is 5.67 Å². The highest BCUT2D eigenvalue weighted by Crippen LogP contribution is 2.26. The van der Waals surface area contributed by atoms with Crippen LogP contribution < -0.4 is 0 Å². The Morgan fingerprint density at radius 3 is 2.57 bits per heavy atom. The molecule has 2 atom stereocenters. The van der Waals surface area contributed by atoms with Gasteiger partial charge in [-0.1, -0.05) is 38.2 Å². The maximum Gasteiger partial charge on any atom is 0.108 e. The first-order valence-electron chi connectivity index (χ1n) is 5.38. The van der Waals surface area contributed by atoms with Crippen LogP contribution in [0.2, 0.25) is 0 Å². The second-order valence-electron chi connectivity index (χ2n) is 4.56. The summed E-state index contributed by atoms with van der Waals surface area (Å²) in [6.45, 7) is 11.4. The molecular formula is C13H23F. The van der Waals surface area contributed by atoms with Crippen LogP contribution in [0.25, 0.3) is 0 Å². The van der Waals surface area contributed by atoms with E-state index in [4.69, 9.17) is 0 Å². The zero-order valence-electron chi connectivity index (χ0n) is 9.94. The average Bonchev–Trinajstić information content (AvgIpc) is 2.02. The number of alkyl halides is 1. The maximum absolute atomic E-state index is 13.6. The average molecular weight is 198 g/mol. The first-order chi connectivity index (χ1) is 6.37. The third-order valence-corrected chi connectivity index (χ3v) is 2.45. The molecular weight excluding hydrogens is 175 g/mol. The standard InChI is InChI=1S/C13H23F/c1-6-13(5,14)10-12(4)9-7-8-11(2)3/h7-8,12H,2,6,9-10H2,1,3-5H3/b8-7+. The molecule has 0 N–H and O–H groups in total. The summed E-state index contributed by atoms with van der Waals surface area (Å²) in [5.74, 6) is 0.403. The smallest absolute Gasteiger partial charge is 0.108 e. The molecule has 14 heavy (non-hydrogen) atoms. The fourth-order valence-corrected chi connectivity index (χ4v) is 1.46. The molecule has 82 valence electrons.